The van der Waals surface area contributed by atoms with E-state index in [1.807, 2.05) is 35.7 Å². The number of methoxy groups -OCH3 is 2. The van der Waals surface area contributed by atoms with E-state index >= 15 is 4.39 Å². The molecule has 1 aliphatic carbocycles. The third-order valence-electron chi connectivity index (χ3n) is 7.05. The van der Waals surface area contributed by atoms with Gasteiger partial charge in [0.25, 0.3) is 0 Å². The molecule has 1 aromatic heterocycles. The van der Waals surface area contributed by atoms with Gasteiger partial charge in [-0.25, -0.2) is 9.18 Å². The van der Waals surface area contributed by atoms with Crippen LogP contribution in [-0.2, 0) is 23.9 Å². The normalized spacial score (nSPS) is 21.3. The number of esters is 2. The number of nitrogens with two attached hydrogens (primary N) is 1. The van der Waals surface area contributed by atoms with E-state index in [0.717, 1.165) is 5.56 Å². The van der Waals surface area contributed by atoms with Crippen molar-refractivity contribution in [3.8, 4) is 0 Å². The SMILES string of the molecule is COC(=O)C1=C(N)N(c2ccccc2F)C2=C(C(=O)C(C(=O)OC)C(c3ccccc3)C2)C1c1cccs1. The molecule has 0 saturated heterocycles. The quantitative estimate of drug-likeness (QED) is 0.378. The Morgan fingerprint density at radius 1 is 1.00 bits per heavy atom. The Labute approximate surface area is 223 Å². The number of ether oxygens (including phenoxy) is 2. The molecule has 3 aromatic rings. The standard InChI is InChI=1S/C29H25FN2O5S/c1-36-28(34)22-17(16-9-4-3-5-10-16)15-20-23(26(22)33)24(21-13-8-14-38-21)25(29(35)37-2)27(31)32(20)19-12-7-6-11-18(19)30/h3-14,17,22,24H,15,31H2,1-2H3. The van der Waals surface area contributed by atoms with Crippen LogP contribution in [-0.4, -0.2) is 31.9 Å². The first-order valence-corrected chi connectivity index (χ1v) is 12.8. The second kappa shape index (κ2) is 10.3. The molecular formula is C29H25FN2O5S. The maximum absolute atomic E-state index is 15.2. The molecule has 9 heteroatoms. The lowest BCUT2D eigenvalue weighted by molar-refractivity contribution is -0.150. The highest BCUT2D eigenvalue weighted by Crippen LogP contribution is 2.52. The first-order valence-electron chi connectivity index (χ1n) is 11.9. The highest BCUT2D eigenvalue weighted by Gasteiger charge is 2.51. The van der Waals surface area contributed by atoms with Gasteiger partial charge in [0.1, 0.15) is 17.6 Å². The van der Waals surface area contributed by atoms with Gasteiger partial charge in [-0.05, 0) is 35.6 Å². The second-order valence-corrected chi connectivity index (χ2v) is 9.95. The van der Waals surface area contributed by atoms with Crippen LogP contribution in [0.5, 0.6) is 0 Å². The van der Waals surface area contributed by atoms with Crippen molar-refractivity contribution in [1.29, 1.82) is 0 Å². The molecule has 2 heterocycles. The number of rotatable bonds is 5. The van der Waals surface area contributed by atoms with Crippen LogP contribution in [0.2, 0.25) is 0 Å². The Bertz CT molecular complexity index is 1470. The minimum Gasteiger partial charge on any atom is -0.468 e. The van der Waals surface area contributed by atoms with E-state index in [1.165, 1.54) is 42.6 Å². The number of para-hydroxylation sites is 1. The van der Waals surface area contributed by atoms with Gasteiger partial charge in [-0.3, -0.25) is 14.5 Å². The number of hydrogen-bond acceptors (Lipinski definition) is 8. The Balaban J connectivity index is 1.83. The van der Waals surface area contributed by atoms with Crippen LogP contribution in [0.3, 0.4) is 0 Å². The van der Waals surface area contributed by atoms with Crippen molar-refractivity contribution in [3.63, 3.8) is 0 Å². The lowest BCUT2D eigenvalue weighted by Crippen LogP contribution is -2.46. The van der Waals surface area contributed by atoms with E-state index in [4.69, 9.17) is 15.2 Å². The number of allylic oxidation sites excluding steroid dienone is 2. The summed E-state index contributed by atoms with van der Waals surface area (Å²) < 4.78 is 25.4. The average Bonchev–Trinajstić information content (AvgIpc) is 3.47. The summed E-state index contributed by atoms with van der Waals surface area (Å²) in [7, 11) is 2.46. The first kappa shape index (κ1) is 25.4. The van der Waals surface area contributed by atoms with Gasteiger partial charge in [0, 0.05) is 22.1 Å². The molecule has 0 bridgehead atoms. The number of halogens is 1. The van der Waals surface area contributed by atoms with Crippen LogP contribution in [0, 0.1) is 11.7 Å². The first-order chi connectivity index (χ1) is 18.4. The topological polar surface area (TPSA) is 98.9 Å². The molecule has 0 amide bonds. The minimum absolute atomic E-state index is 0.00656. The van der Waals surface area contributed by atoms with Gasteiger partial charge in [-0.15, -0.1) is 11.3 Å². The van der Waals surface area contributed by atoms with Crippen molar-refractivity contribution in [3.05, 3.63) is 111 Å². The van der Waals surface area contributed by atoms with Crippen LogP contribution in [0.25, 0.3) is 0 Å². The van der Waals surface area contributed by atoms with Crippen molar-refractivity contribution in [2.75, 3.05) is 19.1 Å². The van der Waals surface area contributed by atoms with Crippen molar-refractivity contribution >= 4 is 34.7 Å². The molecule has 0 radical (unpaired) electrons. The summed E-state index contributed by atoms with van der Waals surface area (Å²) >= 11 is 1.34. The summed E-state index contributed by atoms with van der Waals surface area (Å²) in [5.74, 6) is -5.20. The van der Waals surface area contributed by atoms with Crippen LogP contribution in [0.1, 0.15) is 28.7 Å². The largest absolute Gasteiger partial charge is 0.468 e. The molecule has 0 fully saturated rings. The predicted molar refractivity (Wildman–Crippen MR) is 141 cm³/mol. The molecule has 3 unspecified atom stereocenters. The van der Waals surface area contributed by atoms with Crippen molar-refractivity contribution in [2.24, 2.45) is 11.7 Å². The highest BCUT2D eigenvalue weighted by atomic mass is 32.1. The van der Waals surface area contributed by atoms with Gasteiger partial charge < -0.3 is 15.2 Å². The molecule has 0 saturated carbocycles. The van der Waals surface area contributed by atoms with Gasteiger partial charge in [0.2, 0.25) is 0 Å². The molecule has 2 aromatic carbocycles. The molecule has 2 aliphatic rings. The molecule has 194 valence electrons. The summed E-state index contributed by atoms with van der Waals surface area (Å²) in [6.45, 7) is 0. The third kappa shape index (κ3) is 4.09. The maximum atomic E-state index is 15.2. The lowest BCUT2D eigenvalue weighted by Gasteiger charge is -2.43. The van der Waals surface area contributed by atoms with E-state index in [0.29, 0.717) is 10.6 Å². The Morgan fingerprint density at radius 3 is 2.34 bits per heavy atom. The lowest BCUT2D eigenvalue weighted by atomic mass is 9.68. The Morgan fingerprint density at radius 2 is 1.71 bits per heavy atom. The zero-order chi connectivity index (χ0) is 27.0. The molecule has 7 nitrogen and oxygen atoms in total. The molecule has 2 N–H and O–H groups in total. The fourth-order valence-corrected chi connectivity index (χ4v) is 6.24. The zero-order valence-electron chi connectivity index (χ0n) is 20.7. The summed E-state index contributed by atoms with van der Waals surface area (Å²) in [4.78, 5) is 42.8. The molecule has 3 atom stereocenters. The Kier molecular flexibility index (Phi) is 6.86. The van der Waals surface area contributed by atoms with E-state index in [-0.39, 0.29) is 29.1 Å². The fraction of sp³-hybridized carbons (Fsp3) is 0.207. The van der Waals surface area contributed by atoms with Crippen molar-refractivity contribution in [1.82, 2.24) is 0 Å². The molecule has 0 spiro atoms. The van der Waals surface area contributed by atoms with Crippen LogP contribution >= 0.6 is 11.3 Å². The summed E-state index contributed by atoms with van der Waals surface area (Å²) in [5.41, 5.74) is 8.13. The fourth-order valence-electron chi connectivity index (χ4n) is 5.40. The number of carbonyl (C=O) groups is 3. The monoisotopic (exact) mass is 532 g/mol. The van der Waals surface area contributed by atoms with Crippen molar-refractivity contribution < 1.29 is 28.2 Å². The van der Waals surface area contributed by atoms with Crippen LogP contribution < -0.4 is 10.6 Å². The number of thiophene rings is 1. The highest BCUT2D eigenvalue weighted by molar-refractivity contribution is 7.10. The second-order valence-electron chi connectivity index (χ2n) is 8.97. The molecule has 38 heavy (non-hydrogen) atoms. The van der Waals surface area contributed by atoms with Crippen LogP contribution in [0.4, 0.5) is 10.1 Å². The maximum Gasteiger partial charge on any atom is 0.338 e. The molecular weight excluding hydrogens is 507 g/mol. The summed E-state index contributed by atoms with van der Waals surface area (Å²) in [5, 5.41) is 1.82. The van der Waals surface area contributed by atoms with Gasteiger partial charge in [0.15, 0.2) is 5.78 Å². The molecule has 1 aliphatic heterocycles. The van der Waals surface area contributed by atoms with E-state index in [9.17, 15) is 14.4 Å². The smallest absolute Gasteiger partial charge is 0.338 e. The number of hydrogen-bond donors (Lipinski definition) is 1. The van der Waals surface area contributed by atoms with Gasteiger partial charge in [0.05, 0.1) is 31.4 Å². The van der Waals surface area contributed by atoms with E-state index in [2.05, 4.69) is 0 Å². The number of Topliss-reactive ketones (excluding diaryl/α,β-unsaturated/α-hetero) is 1. The predicted octanol–water partition coefficient (Wildman–Crippen LogP) is 4.63. The third-order valence-corrected chi connectivity index (χ3v) is 7.98. The number of benzene rings is 2. The Hall–Kier alpha value is -4.24. The van der Waals surface area contributed by atoms with E-state index < -0.39 is 41.3 Å². The number of nitrogens with zero attached hydrogens (tertiary/aromatic N) is 1. The number of anilines is 1. The number of carbonyl (C=O) groups excluding carboxylic acids is 3. The van der Waals surface area contributed by atoms with E-state index in [1.54, 1.807) is 24.3 Å². The van der Waals surface area contributed by atoms with Gasteiger partial charge in [-0.2, -0.15) is 0 Å². The van der Waals surface area contributed by atoms with Crippen molar-refractivity contribution in [2.45, 2.75) is 18.3 Å². The summed E-state index contributed by atoms with van der Waals surface area (Å²) in [6.07, 6.45) is 0.177. The number of ketones is 1. The zero-order valence-corrected chi connectivity index (χ0v) is 21.5. The van der Waals surface area contributed by atoms with Gasteiger partial charge >= 0.3 is 11.9 Å². The minimum atomic E-state index is -1.16. The summed E-state index contributed by atoms with van der Waals surface area (Å²) in [6, 6.07) is 18.8. The average molecular weight is 533 g/mol. The molecule has 5 rings (SSSR count). The van der Waals surface area contributed by atoms with Gasteiger partial charge in [-0.1, -0.05) is 48.5 Å². The van der Waals surface area contributed by atoms with Crippen LogP contribution in [0.15, 0.2) is 94.8 Å².